The number of likely N-dealkylation sites (tertiary alicyclic amines) is 1. The molecular weight excluding hydrogens is 234 g/mol. The number of amides is 2. The Morgan fingerprint density at radius 2 is 2.17 bits per heavy atom. The molecule has 6 nitrogen and oxygen atoms in total. The minimum Gasteiger partial charge on any atom is -0.379 e. The van der Waals surface area contributed by atoms with Crippen LogP contribution in [0.25, 0.3) is 0 Å². The SMILES string of the molecule is CC1(C(=O)N2CCCC(C(N)=O)C2)COCC1N. The number of rotatable bonds is 2. The molecule has 0 aromatic heterocycles. The van der Waals surface area contributed by atoms with Gasteiger partial charge in [-0.25, -0.2) is 0 Å². The molecule has 0 aromatic rings. The summed E-state index contributed by atoms with van der Waals surface area (Å²) in [6.07, 6.45) is 1.57. The first-order valence-corrected chi connectivity index (χ1v) is 6.37. The van der Waals surface area contributed by atoms with E-state index in [2.05, 4.69) is 0 Å². The summed E-state index contributed by atoms with van der Waals surface area (Å²) in [4.78, 5) is 25.5. The Morgan fingerprint density at radius 1 is 1.44 bits per heavy atom. The number of hydrogen-bond acceptors (Lipinski definition) is 4. The van der Waals surface area contributed by atoms with E-state index in [0.29, 0.717) is 26.3 Å². The number of carbonyl (C=O) groups excluding carboxylic acids is 2. The van der Waals surface area contributed by atoms with Crippen molar-refractivity contribution >= 4 is 11.8 Å². The highest BCUT2D eigenvalue weighted by Gasteiger charge is 2.47. The molecule has 0 saturated carbocycles. The fourth-order valence-electron chi connectivity index (χ4n) is 2.66. The zero-order valence-electron chi connectivity index (χ0n) is 10.7. The standard InChI is InChI=1S/C12H21N3O3/c1-12(7-18-6-9(12)13)11(17)15-4-2-3-8(5-15)10(14)16/h8-9H,2-7,13H2,1H3,(H2,14,16). The summed E-state index contributed by atoms with van der Waals surface area (Å²) in [6, 6.07) is -0.279. The lowest BCUT2D eigenvalue weighted by molar-refractivity contribution is -0.144. The zero-order valence-corrected chi connectivity index (χ0v) is 10.7. The van der Waals surface area contributed by atoms with E-state index in [1.165, 1.54) is 0 Å². The fourth-order valence-corrected chi connectivity index (χ4v) is 2.66. The number of ether oxygens (including phenoxy) is 1. The van der Waals surface area contributed by atoms with Gasteiger partial charge in [-0.1, -0.05) is 0 Å². The van der Waals surface area contributed by atoms with E-state index in [9.17, 15) is 9.59 Å². The largest absolute Gasteiger partial charge is 0.379 e. The first-order chi connectivity index (χ1) is 8.45. The van der Waals surface area contributed by atoms with Gasteiger partial charge in [0.1, 0.15) is 0 Å². The van der Waals surface area contributed by atoms with Crippen molar-refractivity contribution in [2.24, 2.45) is 22.8 Å². The van der Waals surface area contributed by atoms with Crippen LogP contribution >= 0.6 is 0 Å². The highest BCUT2D eigenvalue weighted by Crippen LogP contribution is 2.31. The van der Waals surface area contributed by atoms with Crippen LogP contribution in [0.5, 0.6) is 0 Å². The number of carbonyl (C=O) groups is 2. The van der Waals surface area contributed by atoms with Gasteiger partial charge in [0, 0.05) is 19.1 Å². The van der Waals surface area contributed by atoms with Crippen molar-refractivity contribution in [1.29, 1.82) is 0 Å². The normalized spacial score (nSPS) is 36.7. The van der Waals surface area contributed by atoms with E-state index in [1.54, 1.807) is 4.90 Å². The number of nitrogens with two attached hydrogens (primary N) is 2. The van der Waals surface area contributed by atoms with Crippen molar-refractivity contribution in [2.45, 2.75) is 25.8 Å². The van der Waals surface area contributed by atoms with E-state index in [-0.39, 0.29) is 23.8 Å². The van der Waals surface area contributed by atoms with E-state index in [0.717, 1.165) is 12.8 Å². The molecule has 0 aliphatic carbocycles. The molecule has 2 rings (SSSR count). The summed E-state index contributed by atoms with van der Waals surface area (Å²) in [5.74, 6) is -0.576. The van der Waals surface area contributed by atoms with Crippen molar-refractivity contribution in [3.63, 3.8) is 0 Å². The van der Waals surface area contributed by atoms with E-state index >= 15 is 0 Å². The Balaban J connectivity index is 2.07. The van der Waals surface area contributed by atoms with Crippen LogP contribution in [-0.2, 0) is 14.3 Å². The topological polar surface area (TPSA) is 98.6 Å². The lowest BCUT2D eigenvalue weighted by Crippen LogP contribution is -2.54. The number of piperidine rings is 1. The molecule has 2 aliphatic heterocycles. The van der Waals surface area contributed by atoms with Gasteiger partial charge in [-0.2, -0.15) is 0 Å². The van der Waals surface area contributed by atoms with Crippen molar-refractivity contribution in [2.75, 3.05) is 26.3 Å². The summed E-state index contributed by atoms with van der Waals surface area (Å²) in [6.45, 7) is 3.68. The van der Waals surface area contributed by atoms with Gasteiger partial charge in [0.05, 0.1) is 24.5 Å². The van der Waals surface area contributed by atoms with E-state index in [4.69, 9.17) is 16.2 Å². The Labute approximate surface area is 107 Å². The first kappa shape index (κ1) is 13.3. The van der Waals surface area contributed by atoms with Gasteiger partial charge in [-0.15, -0.1) is 0 Å². The quantitative estimate of drug-likeness (QED) is 0.666. The van der Waals surface area contributed by atoms with Crippen LogP contribution in [0.15, 0.2) is 0 Å². The second-order valence-electron chi connectivity index (χ2n) is 5.53. The minimum atomic E-state index is -0.667. The molecule has 2 saturated heterocycles. The molecule has 0 bridgehead atoms. The molecule has 2 aliphatic rings. The Hall–Kier alpha value is -1.14. The van der Waals surface area contributed by atoms with Crippen molar-refractivity contribution in [3.05, 3.63) is 0 Å². The van der Waals surface area contributed by atoms with Crippen molar-refractivity contribution < 1.29 is 14.3 Å². The van der Waals surface area contributed by atoms with Crippen molar-refractivity contribution in [3.8, 4) is 0 Å². The molecule has 0 spiro atoms. The molecule has 102 valence electrons. The maximum Gasteiger partial charge on any atom is 0.232 e. The second-order valence-corrected chi connectivity index (χ2v) is 5.53. The van der Waals surface area contributed by atoms with Crippen molar-refractivity contribution in [1.82, 2.24) is 4.90 Å². The third-order valence-corrected chi connectivity index (χ3v) is 4.12. The molecule has 4 N–H and O–H groups in total. The van der Waals surface area contributed by atoms with E-state index in [1.807, 2.05) is 6.92 Å². The van der Waals surface area contributed by atoms with Crippen LogP contribution in [0.2, 0.25) is 0 Å². The highest BCUT2D eigenvalue weighted by atomic mass is 16.5. The average Bonchev–Trinajstić information content (AvgIpc) is 2.70. The third-order valence-electron chi connectivity index (χ3n) is 4.12. The maximum atomic E-state index is 12.5. The molecule has 0 radical (unpaired) electrons. The smallest absolute Gasteiger partial charge is 0.232 e. The lowest BCUT2D eigenvalue weighted by Gasteiger charge is -2.37. The van der Waals surface area contributed by atoms with Gasteiger partial charge in [0.2, 0.25) is 11.8 Å². The predicted molar refractivity (Wildman–Crippen MR) is 65.4 cm³/mol. The van der Waals surface area contributed by atoms with Crippen LogP contribution in [0.3, 0.4) is 0 Å². The first-order valence-electron chi connectivity index (χ1n) is 6.37. The summed E-state index contributed by atoms with van der Waals surface area (Å²) in [5.41, 5.74) is 10.6. The molecule has 2 heterocycles. The average molecular weight is 255 g/mol. The van der Waals surface area contributed by atoms with Crippen LogP contribution in [0, 0.1) is 11.3 Å². The molecule has 6 heteroatoms. The van der Waals surface area contributed by atoms with Crippen LogP contribution < -0.4 is 11.5 Å². The Bertz CT molecular complexity index is 360. The summed E-state index contributed by atoms with van der Waals surface area (Å²) in [5, 5.41) is 0. The number of nitrogens with zero attached hydrogens (tertiary/aromatic N) is 1. The zero-order chi connectivity index (χ0) is 13.3. The molecule has 2 amide bonds. The monoisotopic (exact) mass is 255 g/mol. The summed E-state index contributed by atoms with van der Waals surface area (Å²) >= 11 is 0. The summed E-state index contributed by atoms with van der Waals surface area (Å²) in [7, 11) is 0. The second kappa shape index (κ2) is 4.85. The number of hydrogen-bond donors (Lipinski definition) is 2. The molecule has 2 fully saturated rings. The minimum absolute atomic E-state index is 0.0153. The molecule has 3 unspecified atom stereocenters. The Kier molecular flexibility index (Phi) is 3.59. The lowest BCUT2D eigenvalue weighted by atomic mass is 9.83. The molecule has 0 aromatic carbocycles. The highest BCUT2D eigenvalue weighted by molar-refractivity contribution is 5.85. The maximum absolute atomic E-state index is 12.5. The van der Waals surface area contributed by atoms with Gasteiger partial charge in [0.25, 0.3) is 0 Å². The van der Waals surface area contributed by atoms with Gasteiger partial charge in [-0.05, 0) is 19.8 Å². The number of primary amides is 1. The van der Waals surface area contributed by atoms with Gasteiger partial charge in [-0.3, -0.25) is 9.59 Å². The van der Waals surface area contributed by atoms with Crippen LogP contribution in [0.4, 0.5) is 0 Å². The fraction of sp³-hybridized carbons (Fsp3) is 0.833. The Morgan fingerprint density at radius 3 is 2.72 bits per heavy atom. The van der Waals surface area contributed by atoms with Gasteiger partial charge in [0.15, 0.2) is 0 Å². The van der Waals surface area contributed by atoms with Gasteiger partial charge >= 0.3 is 0 Å². The summed E-state index contributed by atoms with van der Waals surface area (Å²) < 4.78 is 5.29. The molecule has 18 heavy (non-hydrogen) atoms. The molecular formula is C12H21N3O3. The van der Waals surface area contributed by atoms with Gasteiger partial charge < -0.3 is 21.1 Å². The van der Waals surface area contributed by atoms with E-state index < -0.39 is 5.41 Å². The van der Waals surface area contributed by atoms with Crippen LogP contribution in [-0.4, -0.2) is 49.1 Å². The third kappa shape index (κ3) is 2.22. The molecule has 3 atom stereocenters. The predicted octanol–water partition coefficient (Wildman–Crippen LogP) is -0.926. The van der Waals surface area contributed by atoms with Crippen LogP contribution in [0.1, 0.15) is 19.8 Å².